The molecule has 1 amide bonds. The quantitative estimate of drug-likeness (QED) is 0.375. The molecule has 0 bridgehead atoms. The van der Waals surface area contributed by atoms with Crippen molar-refractivity contribution in [2.45, 2.75) is 31.7 Å². The first-order chi connectivity index (χ1) is 16.7. The lowest BCUT2D eigenvalue weighted by Crippen LogP contribution is -2.32. The molecule has 1 unspecified atom stereocenters. The number of carbonyl (C=O) groups excluding carboxylic acids is 1. The predicted octanol–water partition coefficient (Wildman–Crippen LogP) is 4.37. The van der Waals surface area contributed by atoms with Gasteiger partial charge in [0.05, 0.1) is 4.90 Å². The summed E-state index contributed by atoms with van der Waals surface area (Å²) in [6.07, 6.45) is 3.25. The highest BCUT2D eigenvalue weighted by atomic mass is 32.2. The van der Waals surface area contributed by atoms with Crippen LogP contribution in [0.1, 0.15) is 41.7 Å². The fraction of sp³-hybridized carbons (Fsp3) is 0.200. The zero-order valence-electron chi connectivity index (χ0n) is 19.5. The van der Waals surface area contributed by atoms with Gasteiger partial charge >= 0.3 is 0 Å². The van der Waals surface area contributed by atoms with Crippen LogP contribution in [0.4, 0.5) is 5.69 Å². The minimum atomic E-state index is -3.89. The van der Waals surface area contributed by atoms with Gasteiger partial charge in [-0.1, -0.05) is 37.2 Å². The van der Waals surface area contributed by atoms with Gasteiger partial charge in [-0.15, -0.1) is 0 Å². The summed E-state index contributed by atoms with van der Waals surface area (Å²) in [6, 6.07) is 15.8. The highest BCUT2D eigenvalue weighted by Crippen LogP contribution is 2.24. The van der Waals surface area contributed by atoms with Crippen LogP contribution in [0.2, 0.25) is 0 Å². The van der Waals surface area contributed by atoms with Crippen molar-refractivity contribution >= 4 is 21.6 Å². The molecule has 2 aromatic carbocycles. The molecule has 2 N–H and O–H groups in total. The van der Waals surface area contributed by atoms with Gasteiger partial charge in [-0.2, -0.15) is 4.98 Å². The molecule has 4 rings (SSSR count). The monoisotopic (exact) mass is 491 g/mol. The molecular formula is C25H25N5O4S. The largest absolute Gasteiger partial charge is 0.340 e. The topological polar surface area (TPSA) is 127 Å². The van der Waals surface area contributed by atoms with Gasteiger partial charge in [0.1, 0.15) is 6.04 Å². The van der Waals surface area contributed by atoms with Crippen molar-refractivity contribution in [3.05, 3.63) is 90.1 Å². The molecule has 0 radical (unpaired) electrons. The van der Waals surface area contributed by atoms with Crippen molar-refractivity contribution in [1.29, 1.82) is 0 Å². The molecular weight excluding hydrogens is 466 g/mol. The van der Waals surface area contributed by atoms with Crippen LogP contribution in [-0.2, 0) is 10.0 Å². The number of carbonyl (C=O) groups is 1. The maximum Gasteiger partial charge on any atom is 0.261 e. The van der Waals surface area contributed by atoms with Gasteiger partial charge < -0.3 is 9.84 Å². The third kappa shape index (κ3) is 5.72. The SMILES string of the molecule is Cc1cccc(NS(=O)(=O)c2cccc(C(=O)NC(c3nc(-c4ccncc4)no3)C(C)C)c2)c1. The lowest BCUT2D eigenvalue weighted by molar-refractivity contribution is 0.0913. The molecule has 1 atom stereocenters. The van der Waals surface area contributed by atoms with Gasteiger partial charge in [0, 0.05) is 29.2 Å². The van der Waals surface area contributed by atoms with Crippen molar-refractivity contribution in [2.24, 2.45) is 5.92 Å². The molecule has 0 saturated carbocycles. The normalized spacial score (nSPS) is 12.3. The third-order valence-electron chi connectivity index (χ3n) is 5.28. The van der Waals surface area contributed by atoms with Crippen LogP contribution in [0, 0.1) is 12.8 Å². The van der Waals surface area contributed by atoms with E-state index in [0.29, 0.717) is 11.5 Å². The number of anilines is 1. The number of sulfonamides is 1. The molecule has 0 aliphatic carbocycles. The Hall–Kier alpha value is -4.05. The van der Waals surface area contributed by atoms with E-state index in [2.05, 4.69) is 25.2 Å². The van der Waals surface area contributed by atoms with Crippen LogP contribution in [0.5, 0.6) is 0 Å². The minimum Gasteiger partial charge on any atom is -0.340 e. The zero-order valence-corrected chi connectivity index (χ0v) is 20.3. The van der Waals surface area contributed by atoms with E-state index in [-0.39, 0.29) is 22.3 Å². The summed E-state index contributed by atoms with van der Waals surface area (Å²) in [5.41, 5.74) is 2.30. The molecule has 0 saturated heterocycles. The Morgan fingerprint density at radius 1 is 1.00 bits per heavy atom. The van der Waals surface area contributed by atoms with Crippen LogP contribution < -0.4 is 10.0 Å². The van der Waals surface area contributed by atoms with Crippen molar-refractivity contribution in [3.8, 4) is 11.4 Å². The number of hydrogen-bond acceptors (Lipinski definition) is 7. The van der Waals surface area contributed by atoms with Gasteiger partial charge in [0.2, 0.25) is 11.7 Å². The maximum atomic E-state index is 13.1. The Labute approximate surface area is 203 Å². The van der Waals surface area contributed by atoms with Crippen molar-refractivity contribution in [1.82, 2.24) is 20.4 Å². The molecule has 2 heterocycles. The summed E-state index contributed by atoms with van der Waals surface area (Å²) in [4.78, 5) is 21.5. The average molecular weight is 492 g/mol. The van der Waals surface area contributed by atoms with E-state index in [1.807, 2.05) is 26.8 Å². The van der Waals surface area contributed by atoms with Gasteiger partial charge in [-0.25, -0.2) is 8.42 Å². The highest BCUT2D eigenvalue weighted by Gasteiger charge is 2.26. The number of pyridine rings is 1. The van der Waals surface area contributed by atoms with E-state index in [1.54, 1.807) is 48.8 Å². The molecule has 35 heavy (non-hydrogen) atoms. The van der Waals surface area contributed by atoms with Gasteiger partial charge in [0.15, 0.2) is 0 Å². The van der Waals surface area contributed by atoms with Crippen LogP contribution >= 0.6 is 0 Å². The van der Waals surface area contributed by atoms with E-state index >= 15 is 0 Å². The number of rotatable bonds is 8. The van der Waals surface area contributed by atoms with Gasteiger partial charge in [0.25, 0.3) is 15.9 Å². The van der Waals surface area contributed by atoms with Crippen LogP contribution in [-0.4, -0.2) is 29.4 Å². The van der Waals surface area contributed by atoms with E-state index in [9.17, 15) is 13.2 Å². The van der Waals surface area contributed by atoms with Gasteiger partial charge in [-0.05, 0) is 60.9 Å². The predicted molar refractivity (Wildman–Crippen MR) is 131 cm³/mol. The summed E-state index contributed by atoms with van der Waals surface area (Å²) in [7, 11) is -3.89. The van der Waals surface area contributed by atoms with E-state index < -0.39 is 22.0 Å². The fourth-order valence-corrected chi connectivity index (χ4v) is 4.54. The maximum absolute atomic E-state index is 13.1. The zero-order chi connectivity index (χ0) is 25.0. The van der Waals surface area contributed by atoms with Crippen LogP contribution in [0.15, 0.2) is 82.5 Å². The summed E-state index contributed by atoms with van der Waals surface area (Å²) in [5, 5.41) is 6.90. The standard InChI is InChI=1S/C25H25N5O4S/c1-16(2)22(25-28-23(29-34-25)18-10-12-26-13-11-18)27-24(31)19-7-5-9-21(15-19)35(32,33)30-20-8-4-6-17(3)14-20/h4-16,22,30H,1-3H3,(H,27,31). The van der Waals surface area contributed by atoms with Gasteiger partial charge in [-0.3, -0.25) is 14.5 Å². The molecule has 10 heteroatoms. The van der Waals surface area contributed by atoms with E-state index in [0.717, 1.165) is 11.1 Å². The number of amides is 1. The summed E-state index contributed by atoms with van der Waals surface area (Å²) in [5.74, 6) is 0.113. The van der Waals surface area contributed by atoms with E-state index in [4.69, 9.17) is 4.52 Å². The first-order valence-electron chi connectivity index (χ1n) is 11.0. The lowest BCUT2D eigenvalue weighted by Gasteiger charge is -2.18. The molecule has 0 fully saturated rings. The third-order valence-corrected chi connectivity index (χ3v) is 6.66. The molecule has 0 aliphatic rings. The second-order valence-electron chi connectivity index (χ2n) is 8.39. The fourth-order valence-electron chi connectivity index (χ4n) is 3.45. The number of aryl methyl sites for hydroxylation is 1. The lowest BCUT2D eigenvalue weighted by atomic mass is 10.0. The number of hydrogen-bond donors (Lipinski definition) is 2. The molecule has 4 aromatic rings. The smallest absolute Gasteiger partial charge is 0.261 e. The Morgan fingerprint density at radius 3 is 2.46 bits per heavy atom. The minimum absolute atomic E-state index is 0.0227. The Balaban J connectivity index is 1.54. The molecule has 0 aliphatic heterocycles. The summed E-state index contributed by atoms with van der Waals surface area (Å²) >= 11 is 0. The average Bonchev–Trinajstić information content (AvgIpc) is 3.32. The molecule has 9 nitrogen and oxygen atoms in total. The Kier molecular flexibility index (Phi) is 6.92. The molecule has 2 aromatic heterocycles. The first kappa shape index (κ1) is 24.1. The number of nitrogens with zero attached hydrogens (tertiary/aromatic N) is 3. The molecule has 180 valence electrons. The van der Waals surface area contributed by atoms with Crippen molar-refractivity contribution in [2.75, 3.05) is 4.72 Å². The first-order valence-corrected chi connectivity index (χ1v) is 12.5. The number of nitrogens with one attached hydrogen (secondary N) is 2. The Morgan fingerprint density at radius 2 is 1.74 bits per heavy atom. The number of aromatic nitrogens is 3. The van der Waals surface area contributed by atoms with E-state index in [1.165, 1.54) is 18.2 Å². The molecule has 0 spiro atoms. The highest BCUT2D eigenvalue weighted by molar-refractivity contribution is 7.92. The van der Waals surface area contributed by atoms with Crippen molar-refractivity contribution < 1.29 is 17.7 Å². The van der Waals surface area contributed by atoms with Crippen LogP contribution in [0.25, 0.3) is 11.4 Å². The van der Waals surface area contributed by atoms with Crippen molar-refractivity contribution in [3.63, 3.8) is 0 Å². The summed E-state index contributed by atoms with van der Waals surface area (Å²) in [6.45, 7) is 5.69. The van der Waals surface area contributed by atoms with Crippen LogP contribution in [0.3, 0.4) is 0 Å². The Bertz CT molecular complexity index is 1440. The second kappa shape index (κ2) is 10.1. The number of benzene rings is 2. The summed E-state index contributed by atoms with van der Waals surface area (Å²) < 4.78 is 33.8. The second-order valence-corrected chi connectivity index (χ2v) is 10.1.